The Morgan fingerprint density at radius 1 is 1.26 bits per heavy atom. The second-order valence-corrected chi connectivity index (χ2v) is 5.74. The smallest absolute Gasteiger partial charge is 0.323 e. The van der Waals surface area contributed by atoms with Gasteiger partial charge in [-0.25, -0.2) is 4.99 Å². The maximum Gasteiger partial charge on any atom is 0.323 e. The highest BCUT2D eigenvalue weighted by Gasteiger charge is 2.42. The number of carbonyl (C=O) groups is 1. The number of benzene rings is 1. The van der Waals surface area contributed by atoms with Crippen LogP contribution in [-0.4, -0.2) is 54.3 Å². The summed E-state index contributed by atoms with van der Waals surface area (Å²) >= 11 is 0. The summed E-state index contributed by atoms with van der Waals surface area (Å²) in [6.07, 6.45) is 2.01. The van der Waals surface area contributed by atoms with Gasteiger partial charge in [-0.3, -0.25) is 10.5 Å². The van der Waals surface area contributed by atoms with Crippen LogP contribution in [0.4, 0.5) is 17.1 Å². The van der Waals surface area contributed by atoms with E-state index in [9.17, 15) is 4.79 Å². The van der Waals surface area contributed by atoms with Crippen molar-refractivity contribution in [2.45, 2.75) is 20.3 Å². The van der Waals surface area contributed by atoms with Gasteiger partial charge in [0.15, 0.2) is 0 Å². The molecule has 0 spiro atoms. The van der Waals surface area contributed by atoms with Crippen LogP contribution in [0.3, 0.4) is 0 Å². The third-order valence-corrected chi connectivity index (χ3v) is 4.00. The molecule has 0 unspecified atom stereocenters. The van der Waals surface area contributed by atoms with E-state index < -0.39 is 0 Å². The van der Waals surface area contributed by atoms with Crippen LogP contribution < -0.4 is 16.4 Å². The summed E-state index contributed by atoms with van der Waals surface area (Å²) in [4.78, 5) is 18.8. The van der Waals surface area contributed by atoms with Crippen molar-refractivity contribution < 1.29 is 9.48 Å². The average molecular weight is 317 g/mol. The molecule has 7 nitrogen and oxygen atoms in total. The first-order chi connectivity index (χ1) is 10.5. The van der Waals surface area contributed by atoms with Gasteiger partial charge in [-0.1, -0.05) is 7.43 Å². The number of hydrogen-bond acceptors (Lipinski definition) is 5. The standard InChI is InChI=1S/C15H20N6O.CH4/c1-19(2)10-5-6-12(11(16)9-10)18-13-14(17)20-7-3-4-8-21(20)15(13)22;/h5-6,9H,3-4,7-8H2,1-2H3,(H3,16,17,22);1H4/p+1. The maximum atomic E-state index is 12.4. The largest absolute Gasteiger partial charge is 0.397 e. The van der Waals surface area contributed by atoms with Gasteiger partial charge in [-0.05, 0) is 31.0 Å². The van der Waals surface area contributed by atoms with Crippen LogP contribution >= 0.6 is 0 Å². The van der Waals surface area contributed by atoms with Gasteiger partial charge >= 0.3 is 11.7 Å². The first-order valence-corrected chi connectivity index (χ1v) is 7.36. The summed E-state index contributed by atoms with van der Waals surface area (Å²) in [6.45, 7) is 1.44. The molecule has 1 fully saturated rings. The normalized spacial score (nSPS) is 19.0. The molecule has 3 rings (SSSR count). The Labute approximate surface area is 136 Å². The summed E-state index contributed by atoms with van der Waals surface area (Å²) in [5.74, 6) is 0.272. The minimum atomic E-state index is -0.145. The van der Waals surface area contributed by atoms with Crippen molar-refractivity contribution in [2.24, 2.45) is 10.7 Å². The van der Waals surface area contributed by atoms with Gasteiger partial charge in [0.2, 0.25) is 5.71 Å². The Morgan fingerprint density at radius 2 is 2.00 bits per heavy atom. The fourth-order valence-electron chi connectivity index (χ4n) is 2.73. The van der Waals surface area contributed by atoms with Crippen LogP contribution in [0.15, 0.2) is 23.2 Å². The summed E-state index contributed by atoms with van der Waals surface area (Å²) in [6, 6.07) is 5.56. The second kappa shape index (κ2) is 6.28. The topological polar surface area (TPSA) is 91.0 Å². The van der Waals surface area contributed by atoms with Crippen LogP contribution in [0.2, 0.25) is 0 Å². The zero-order chi connectivity index (χ0) is 15.9. The van der Waals surface area contributed by atoms with Crippen LogP contribution in [0, 0.1) is 0 Å². The number of fused-ring (bicyclic) bond motifs is 1. The molecule has 0 radical (unpaired) electrons. The van der Waals surface area contributed by atoms with E-state index in [4.69, 9.17) is 11.5 Å². The van der Waals surface area contributed by atoms with Gasteiger partial charge < -0.3 is 10.6 Å². The third kappa shape index (κ3) is 2.86. The Balaban J connectivity index is 0.00000192. The minimum Gasteiger partial charge on any atom is -0.397 e. The lowest BCUT2D eigenvalue weighted by Gasteiger charge is -2.21. The molecule has 0 atom stereocenters. The van der Waals surface area contributed by atoms with Crippen molar-refractivity contribution in [1.82, 2.24) is 5.01 Å². The molecule has 1 saturated heterocycles. The van der Waals surface area contributed by atoms with Gasteiger partial charge in [0.05, 0.1) is 17.9 Å². The van der Waals surface area contributed by atoms with Gasteiger partial charge in [0.25, 0.3) is 0 Å². The number of amides is 1. The maximum absolute atomic E-state index is 12.4. The number of amidine groups is 1. The van der Waals surface area contributed by atoms with Crippen LogP contribution in [0.1, 0.15) is 20.3 Å². The minimum absolute atomic E-state index is 0. The van der Waals surface area contributed by atoms with E-state index in [0.717, 1.165) is 25.1 Å². The molecule has 1 aromatic carbocycles. The quantitative estimate of drug-likeness (QED) is 0.628. The number of rotatable bonds is 2. The number of hydrogen-bond donors (Lipinski definition) is 2. The van der Waals surface area contributed by atoms with E-state index in [0.29, 0.717) is 23.8 Å². The molecule has 23 heavy (non-hydrogen) atoms. The molecule has 124 valence electrons. The van der Waals surface area contributed by atoms with Crippen molar-refractivity contribution in [2.75, 3.05) is 37.8 Å². The Kier molecular flexibility index (Phi) is 4.58. The Bertz CT molecular complexity index is 692. The number of hydrazone groups is 1. The lowest BCUT2D eigenvalue weighted by atomic mass is 10.2. The van der Waals surface area contributed by atoms with Crippen LogP contribution in [-0.2, 0) is 4.79 Å². The summed E-state index contributed by atoms with van der Waals surface area (Å²) in [5.41, 5.74) is 14.5. The van der Waals surface area contributed by atoms with Gasteiger partial charge in [0, 0.05) is 19.8 Å². The van der Waals surface area contributed by atoms with Crippen molar-refractivity contribution in [3.63, 3.8) is 0 Å². The highest BCUT2D eigenvalue weighted by Crippen LogP contribution is 2.27. The lowest BCUT2D eigenvalue weighted by molar-refractivity contribution is -0.673. The second-order valence-electron chi connectivity index (χ2n) is 5.74. The third-order valence-electron chi connectivity index (χ3n) is 4.00. The average Bonchev–Trinajstić information content (AvgIpc) is 2.74. The molecular formula is C16H25N6O+. The van der Waals surface area contributed by atoms with Crippen LogP contribution in [0.25, 0.3) is 0 Å². The molecule has 1 amide bonds. The number of hydrazine groups is 1. The highest BCUT2D eigenvalue weighted by molar-refractivity contribution is 6.66. The molecule has 4 N–H and O–H groups in total. The fraction of sp³-hybridized carbons (Fsp3) is 0.438. The molecule has 2 aliphatic rings. The number of nitrogen functional groups attached to an aromatic ring is 1. The Hall–Kier alpha value is -2.57. The summed E-state index contributed by atoms with van der Waals surface area (Å²) in [5, 5.41) is 1.67. The van der Waals surface area contributed by atoms with Gasteiger partial charge in [-0.15, -0.1) is 0 Å². The van der Waals surface area contributed by atoms with E-state index in [-0.39, 0.29) is 19.0 Å². The first-order valence-electron chi connectivity index (χ1n) is 7.36. The molecular weight excluding hydrogens is 292 g/mol. The first kappa shape index (κ1) is 16.8. The van der Waals surface area contributed by atoms with Gasteiger partial charge in [-0.2, -0.15) is 9.69 Å². The van der Waals surface area contributed by atoms with Crippen LogP contribution in [0.5, 0.6) is 0 Å². The molecule has 0 saturated carbocycles. The van der Waals surface area contributed by atoms with Crippen molar-refractivity contribution >= 4 is 34.5 Å². The monoisotopic (exact) mass is 317 g/mol. The number of anilines is 2. The molecule has 2 aliphatic heterocycles. The van der Waals surface area contributed by atoms with Gasteiger partial charge in [0.1, 0.15) is 6.54 Å². The van der Waals surface area contributed by atoms with E-state index >= 15 is 0 Å². The lowest BCUT2D eigenvalue weighted by Crippen LogP contribution is -2.41. The van der Waals surface area contributed by atoms with E-state index in [1.807, 2.05) is 41.9 Å². The fourth-order valence-corrected chi connectivity index (χ4v) is 2.73. The zero-order valence-corrected chi connectivity index (χ0v) is 12.9. The highest BCUT2D eigenvalue weighted by atomic mass is 16.2. The van der Waals surface area contributed by atoms with E-state index in [2.05, 4.69) is 4.99 Å². The molecule has 0 bridgehead atoms. The predicted molar refractivity (Wildman–Crippen MR) is 94.3 cm³/mol. The number of carbonyl (C=O) groups excluding carboxylic acids is 1. The predicted octanol–water partition coefficient (Wildman–Crippen LogP) is 0.964. The van der Waals surface area contributed by atoms with E-state index in [1.54, 1.807) is 5.01 Å². The number of nitrogens with two attached hydrogens (primary N) is 2. The Morgan fingerprint density at radius 3 is 2.61 bits per heavy atom. The SMILES string of the molecule is C.CN(C)c1ccc(N=C2C(=O)N3CCCC[N+]3=C2N)c(N)c1. The molecule has 1 aromatic rings. The molecule has 0 aromatic heterocycles. The van der Waals surface area contributed by atoms with Crippen molar-refractivity contribution in [3.8, 4) is 0 Å². The zero-order valence-electron chi connectivity index (χ0n) is 12.9. The van der Waals surface area contributed by atoms with E-state index in [1.165, 1.54) is 0 Å². The molecule has 0 aliphatic carbocycles. The van der Waals surface area contributed by atoms with Crippen molar-refractivity contribution in [1.29, 1.82) is 0 Å². The summed E-state index contributed by atoms with van der Waals surface area (Å²) in [7, 11) is 3.88. The summed E-state index contributed by atoms with van der Waals surface area (Å²) < 4.78 is 1.81. The van der Waals surface area contributed by atoms with Crippen molar-refractivity contribution in [3.05, 3.63) is 18.2 Å². The molecule has 2 heterocycles. The number of nitrogens with zero attached hydrogens (tertiary/aromatic N) is 4. The molecule has 7 heteroatoms. The number of aliphatic imine (C=N–C) groups is 1.